The van der Waals surface area contributed by atoms with Gasteiger partial charge in [0.15, 0.2) is 0 Å². The van der Waals surface area contributed by atoms with Crippen LogP contribution < -0.4 is 5.32 Å². The van der Waals surface area contributed by atoms with Crippen LogP contribution in [0.2, 0.25) is 0 Å². The van der Waals surface area contributed by atoms with Gasteiger partial charge in [-0.3, -0.25) is 0 Å². The van der Waals surface area contributed by atoms with Crippen molar-refractivity contribution in [1.82, 2.24) is 10.4 Å². The molecule has 0 radical (unpaired) electrons. The second-order valence-corrected chi connectivity index (χ2v) is 2.23. The monoisotopic (exact) mass is 144 g/mol. The van der Waals surface area contributed by atoms with E-state index in [2.05, 4.69) is 11.9 Å². The predicted molar refractivity (Wildman–Crippen MR) is 42.1 cm³/mol. The zero-order valence-corrected chi connectivity index (χ0v) is 6.51. The maximum atomic E-state index is 8.69. The van der Waals surface area contributed by atoms with Crippen molar-refractivity contribution in [1.29, 1.82) is 0 Å². The number of hydrogen-bond donors (Lipinski definition) is 2. The minimum Gasteiger partial charge on any atom is -0.314 e. The van der Waals surface area contributed by atoms with Crippen molar-refractivity contribution in [3.63, 3.8) is 0 Å². The van der Waals surface area contributed by atoms with Gasteiger partial charge in [0.1, 0.15) is 0 Å². The Morgan fingerprint density at radius 2 is 2.40 bits per heavy atom. The van der Waals surface area contributed by atoms with Crippen LogP contribution in [-0.4, -0.2) is 37.0 Å². The molecule has 0 aliphatic carbocycles. The third kappa shape index (κ3) is 7.62. The van der Waals surface area contributed by atoms with E-state index in [0.29, 0.717) is 6.54 Å². The van der Waals surface area contributed by atoms with Gasteiger partial charge in [-0.1, -0.05) is 6.08 Å². The lowest BCUT2D eigenvalue weighted by molar-refractivity contribution is -0.0649. The molecular weight excluding hydrogens is 128 g/mol. The van der Waals surface area contributed by atoms with Crippen molar-refractivity contribution in [3.05, 3.63) is 12.7 Å². The Morgan fingerprint density at radius 1 is 1.70 bits per heavy atom. The predicted octanol–water partition coefficient (Wildman–Crippen LogP) is 0.473. The van der Waals surface area contributed by atoms with Crippen LogP contribution in [0.25, 0.3) is 0 Å². The fourth-order valence-corrected chi connectivity index (χ4v) is 0.637. The van der Waals surface area contributed by atoms with Crippen LogP contribution in [0.4, 0.5) is 0 Å². The molecule has 0 aliphatic heterocycles. The number of nitrogens with zero attached hydrogens (tertiary/aromatic N) is 1. The highest BCUT2D eigenvalue weighted by molar-refractivity contribution is 4.69. The summed E-state index contributed by atoms with van der Waals surface area (Å²) in [6.07, 6.45) is 2.78. The number of nitrogens with one attached hydrogen (secondary N) is 1. The molecule has 0 aromatic heterocycles. The fraction of sp³-hybridized carbons (Fsp3) is 0.714. The molecule has 0 saturated heterocycles. The largest absolute Gasteiger partial charge is 0.314 e. The Bertz CT molecular complexity index is 83.7. The Balaban J connectivity index is 2.83. The Kier molecular flexibility index (Phi) is 6.48. The molecule has 0 rings (SSSR count). The molecule has 0 spiro atoms. The molecule has 60 valence electrons. The van der Waals surface area contributed by atoms with Crippen LogP contribution in [0, 0.1) is 0 Å². The lowest BCUT2D eigenvalue weighted by Gasteiger charge is -2.06. The highest BCUT2D eigenvalue weighted by Gasteiger charge is 1.89. The van der Waals surface area contributed by atoms with E-state index in [9.17, 15) is 0 Å². The summed E-state index contributed by atoms with van der Waals surface area (Å²) in [7, 11) is 1.65. The summed E-state index contributed by atoms with van der Waals surface area (Å²) < 4.78 is 0. The summed E-state index contributed by atoms with van der Waals surface area (Å²) in [6, 6.07) is 0. The first-order valence-corrected chi connectivity index (χ1v) is 3.49. The lowest BCUT2D eigenvalue weighted by atomic mass is 10.4. The number of rotatable bonds is 6. The lowest BCUT2D eigenvalue weighted by Crippen LogP contribution is -2.21. The molecule has 3 heteroatoms. The first-order chi connectivity index (χ1) is 4.77. The Labute approximate surface area is 62.3 Å². The smallest absolute Gasteiger partial charge is 0.0247 e. The second-order valence-electron chi connectivity index (χ2n) is 2.23. The molecule has 0 saturated carbocycles. The zero-order chi connectivity index (χ0) is 7.82. The van der Waals surface area contributed by atoms with Gasteiger partial charge in [0.05, 0.1) is 0 Å². The summed E-state index contributed by atoms with van der Waals surface area (Å²) in [4.78, 5) is 0. The normalized spacial score (nSPS) is 10.3. The molecule has 10 heavy (non-hydrogen) atoms. The fourth-order valence-electron chi connectivity index (χ4n) is 0.637. The average molecular weight is 144 g/mol. The van der Waals surface area contributed by atoms with Gasteiger partial charge in [-0.25, -0.2) is 0 Å². The van der Waals surface area contributed by atoms with Gasteiger partial charge in [0, 0.05) is 20.1 Å². The van der Waals surface area contributed by atoms with Crippen LogP contribution in [0.15, 0.2) is 12.7 Å². The van der Waals surface area contributed by atoms with Gasteiger partial charge in [-0.2, -0.15) is 5.06 Å². The minimum atomic E-state index is 0.712. The number of hydrogen-bond acceptors (Lipinski definition) is 3. The van der Waals surface area contributed by atoms with E-state index in [4.69, 9.17) is 5.21 Å². The standard InChI is InChI=1S/C7H16N2O/c1-3-5-8-6-4-7-9(2)10/h3,8,10H,1,4-7H2,2H3. The summed E-state index contributed by atoms with van der Waals surface area (Å²) in [5.41, 5.74) is 0. The summed E-state index contributed by atoms with van der Waals surface area (Å²) in [5, 5.41) is 13.0. The molecule has 3 nitrogen and oxygen atoms in total. The van der Waals surface area contributed by atoms with Crippen LogP contribution in [0.1, 0.15) is 6.42 Å². The van der Waals surface area contributed by atoms with E-state index in [-0.39, 0.29) is 0 Å². The van der Waals surface area contributed by atoms with E-state index in [1.54, 1.807) is 7.05 Å². The van der Waals surface area contributed by atoms with Crippen molar-refractivity contribution >= 4 is 0 Å². The van der Waals surface area contributed by atoms with E-state index < -0.39 is 0 Å². The second kappa shape index (κ2) is 6.74. The summed E-state index contributed by atoms with van der Waals surface area (Å²) >= 11 is 0. The van der Waals surface area contributed by atoms with Crippen LogP contribution >= 0.6 is 0 Å². The highest BCUT2D eigenvalue weighted by Crippen LogP contribution is 1.79. The summed E-state index contributed by atoms with van der Waals surface area (Å²) in [6.45, 7) is 6.05. The van der Waals surface area contributed by atoms with Crippen LogP contribution in [-0.2, 0) is 0 Å². The maximum Gasteiger partial charge on any atom is 0.0247 e. The Hall–Kier alpha value is -0.380. The molecule has 0 aliphatic rings. The molecule has 0 amide bonds. The molecule has 0 unspecified atom stereocenters. The molecule has 0 heterocycles. The zero-order valence-electron chi connectivity index (χ0n) is 6.51. The van der Waals surface area contributed by atoms with Gasteiger partial charge in [-0.05, 0) is 13.0 Å². The molecule has 0 aromatic carbocycles. The molecular formula is C7H16N2O. The van der Waals surface area contributed by atoms with Gasteiger partial charge in [0.25, 0.3) is 0 Å². The van der Waals surface area contributed by atoms with Crippen molar-refractivity contribution in [2.75, 3.05) is 26.7 Å². The van der Waals surface area contributed by atoms with Gasteiger partial charge < -0.3 is 10.5 Å². The molecule has 0 aromatic rings. The Morgan fingerprint density at radius 3 is 2.90 bits per heavy atom. The van der Waals surface area contributed by atoms with Gasteiger partial charge in [-0.15, -0.1) is 6.58 Å². The van der Waals surface area contributed by atoms with E-state index in [1.165, 1.54) is 5.06 Å². The first-order valence-electron chi connectivity index (χ1n) is 3.49. The molecule has 2 N–H and O–H groups in total. The first kappa shape index (κ1) is 9.62. The van der Waals surface area contributed by atoms with E-state index in [0.717, 1.165) is 19.5 Å². The van der Waals surface area contributed by atoms with E-state index in [1.807, 2.05) is 6.08 Å². The SMILES string of the molecule is C=CCNCCCN(C)O. The van der Waals surface area contributed by atoms with Crippen molar-refractivity contribution in [3.8, 4) is 0 Å². The molecule has 0 fully saturated rings. The maximum absolute atomic E-state index is 8.69. The molecule has 0 bridgehead atoms. The van der Waals surface area contributed by atoms with Crippen molar-refractivity contribution < 1.29 is 5.21 Å². The van der Waals surface area contributed by atoms with E-state index >= 15 is 0 Å². The van der Waals surface area contributed by atoms with Crippen LogP contribution in [0.5, 0.6) is 0 Å². The molecule has 0 atom stereocenters. The third-order valence-electron chi connectivity index (χ3n) is 1.12. The van der Waals surface area contributed by atoms with Crippen molar-refractivity contribution in [2.24, 2.45) is 0 Å². The summed E-state index contributed by atoms with van der Waals surface area (Å²) in [5.74, 6) is 0. The average Bonchev–Trinajstić information content (AvgIpc) is 1.87. The topological polar surface area (TPSA) is 35.5 Å². The van der Waals surface area contributed by atoms with Crippen LogP contribution in [0.3, 0.4) is 0 Å². The van der Waals surface area contributed by atoms with Gasteiger partial charge in [0.2, 0.25) is 0 Å². The third-order valence-corrected chi connectivity index (χ3v) is 1.12. The quantitative estimate of drug-likeness (QED) is 0.323. The highest BCUT2D eigenvalue weighted by atomic mass is 16.5. The number of hydroxylamine groups is 2. The minimum absolute atomic E-state index is 0.712. The van der Waals surface area contributed by atoms with Crippen molar-refractivity contribution in [2.45, 2.75) is 6.42 Å². The van der Waals surface area contributed by atoms with Gasteiger partial charge >= 0.3 is 0 Å².